The Balaban J connectivity index is 1.77. The van der Waals surface area contributed by atoms with Crippen LogP contribution in [0.5, 0.6) is 0 Å². The molecule has 1 fully saturated rings. The van der Waals surface area contributed by atoms with Crippen LogP contribution in [0.3, 0.4) is 0 Å². The van der Waals surface area contributed by atoms with E-state index in [9.17, 15) is 0 Å². The molecule has 0 amide bonds. The zero-order valence-electron chi connectivity index (χ0n) is 15.3. The standard InChI is InChI=1S/C20H40O/c1-5-6-7-8-9-10-11-12-13-14-15-18(2)16-17-19-20(3,4)21-19/h18-19H,5-17H2,1-4H3/t18-,19?/m1/s1. The summed E-state index contributed by atoms with van der Waals surface area (Å²) in [5.41, 5.74) is 0.191. The highest BCUT2D eigenvalue weighted by molar-refractivity contribution is 4.94. The molecule has 1 aliphatic heterocycles. The lowest BCUT2D eigenvalue weighted by molar-refractivity contribution is 0.312. The van der Waals surface area contributed by atoms with E-state index in [2.05, 4.69) is 27.7 Å². The Morgan fingerprint density at radius 3 is 1.76 bits per heavy atom. The van der Waals surface area contributed by atoms with Gasteiger partial charge in [-0.1, -0.05) is 84.5 Å². The lowest BCUT2D eigenvalue weighted by Gasteiger charge is -2.10. The zero-order valence-corrected chi connectivity index (χ0v) is 15.3. The molecule has 1 rings (SSSR count). The van der Waals surface area contributed by atoms with Crippen molar-refractivity contribution in [3.63, 3.8) is 0 Å². The molecule has 0 bridgehead atoms. The van der Waals surface area contributed by atoms with E-state index in [-0.39, 0.29) is 5.60 Å². The van der Waals surface area contributed by atoms with Crippen molar-refractivity contribution < 1.29 is 4.74 Å². The first-order chi connectivity index (χ1) is 10.1. The van der Waals surface area contributed by atoms with Gasteiger partial charge in [0.1, 0.15) is 0 Å². The molecule has 1 nitrogen and oxygen atoms in total. The summed E-state index contributed by atoms with van der Waals surface area (Å²) in [6.45, 7) is 9.14. The van der Waals surface area contributed by atoms with Gasteiger partial charge < -0.3 is 4.74 Å². The second kappa shape index (κ2) is 10.6. The molecule has 0 N–H and O–H groups in total. The first-order valence-electron chi connectivity index (χ1n) is 9.74. The van der Waals surface area contributed by atoms with Crippen molar-refractivity contribution in [1.82, 2.24) is 0 Å². The topological polar surface area (TPSA) is 12.5 Å². The fraction of sp³-hybridized carbons (Fsp3) is 1.00. The zero-order chi connectivity index (χ0) is 15.6. The van der Waals surface area contributed by atoms with Crippen molar-refractivity contribution in [3.8, 4) is 0 Å². The van der Waals surface area contributed by atoms with Crippen LogP contribution in [0, 0.1) is 5.92 Å². The Hall–Kier alpha value is -0.0400. The third kappa shape index (κ3) is 9.55. The van der Waals surface area contributed by atoms with Gasteiger partial charge >= 0.3 is 0 Å². The Kier molecular flexibility index (Phi) is 9.64. The van der Waals surface area contributed by atoms with Crippen molar-refractivity contribution in [3.05, 3.63) is 0 Å². The van der Waals surface area contributed by atoms with Gasteiger partial charge in [-0.05, 0) is 32.6 Å². The van der Waals surface area contributed by atoms with E-state index < -0.39 is 0 Å². The lowest BCUT2D eigenvalue weighted by Crippen LogP contribution is -2.05. The summed E-state index contributed by atoms with van der Waals surface area (Å²) in [5, 5.41) is 0. The maximum absolute atomic E-state index is 5.66. The summed E-state index contributed by atoms with van der Waals surface area (Å²) in [6.07, 6.45) is 19.0. The highest BCUT2D eigenvalue weighted by Crippen LogP contribution is 2.39. The molecule has 0 aromatic heterocycles. The average Bonchev–Trinajstić information content (AvgIpc) is 3.06. The van der Waals surface area contributed by atoms with Crippen LogP contribution < -0.4 is 0 Å². The minimum absolute atomic E-state index is 0.191. The molecule has 0 aromatic rings. The molecule has 1 saturated heterocycles. The lowest BCUT2D eigenvalue weighted by atomic mass is 9.95. The number of unbranched alkanes of at least 4 members (excludes halogenated alkanes) is 9. The Morgan fingerprint density at radius 2 is 1.29 bits per heavy atom. The molecule has 0 saturated carbocycles. The molecule has 1 heteroatoms. The minimum Gasteiger partial charge on any atom is -0.367 e. The molecule has 1 aliphatic rings. The van der Waals surface area contributed by atoms with Crippen molar-refractivity contribution in [2.75, 3.05) is 0 Å². The number of hydrogen-bond acceptors (Lipinski definition) is 1. The van der Waals surface area contributed by atoms with Gasteiger partial charge in [0.25, 0.3) is 0 Å². The molecule has 0 aromatic carbocycles. The molecule has 0 spiro atoms. The summed E-state index contributed by atoms with van der Waals surface area (Å²) >= 11 is 0. The van der Waals surface area contributed by atoms with Crippen LogP contribution in [0.2, 0.25) is 0 Å². The van der Waals surface area contributed by atoms with Crippen LogP contribution in [0.15, 0.2) is 0 Å². The van der Waals surface area contributed by atoms with E-state index in [1.54, 1.807) is 0 Å². The van der Waals surface area contributed by atoms with Crippen molar-refractivity contribution in [2.24, 2.45) is 5.92 Å². The van der Waals surface area contributed by atoms with Gasteiger partial charge in [-0.15, -0.1) is 0 Å². The molecular weight excluding hydrogens is 256 g/mol. The number of rotatable bonds is 14. The van der Waals surface area contributed by atoms with E-state index in [1.165, 1.54) is 83.5 Å². The summed E-state index contributed by atoms with van der Waals surface area (Å²) in [6, 6.07) is 0. The van der Waals surface area contributed by atoms with Gasteiger partial charge in [0, 0.05) is 0 Å². The minimum atomic E-state index is 0.191. The van der Waals surface area contributed by atoms with E-state index in [4.69, 9.17) is 4.74 Å². The van der Waals surface area contributed by atoms with Crippen LogP contribution in [0.25, 0.3) is 0 Å². The van der Waals surface area contributed by atoms with Gasteiger partial charge in [-0.3, -0.25) is 0 Å². The number of ether oxygens (including phenoxy) is 1. The summed E-state index contributed by atoms with van der Waals surface area (Å²) < 4.78 is 5.66. The summed E-state index contributed by atoms with van der Waals surface area (Å²) in [4.78, 5) is 0. The van der Waals surface area contributed by atoms with Crippen LogP contribution >= 0.6 is 0 Å². The second-order valence-corrected chi connectivity index (χ2v) is 7.86. The first kappa shape index (κ1) is 19.0. The second-order valence-electron chi connectivity index (χ2n) is 7.86. The van der Waals surface area contributed by atoms with E-state index in [0.29, 0.717) is 6.10 Å². The third-order valence-electron chi connectivity index (χ3n) is 5.14. The van der Waals surface area contributed by atoms with Gasteiger partial charge in [-0.25, -0.2) is 0 Å². The predicted molar refractivity (Wildman–Crippen MR) is 93.8 cm³/mol. The molecule has 0 radical (unpaired) electrons. The van der Waals surface area contributed by atoms with Crippen molar-refractivity contribution >= 4 is 0 Å². The number of epoxide rings is 1. The van der Waals surface area contributed by atoms with Crippen molar-refractivity contribution in [1.29, 1.82) is 0 Å². The smallest absolute Gasteiger partial charge is 0.0892 e. The average molecular weight is 297 g/mol. The normalized spacial score (nSPS) is 21.4. The van der Waals surface area contributed by atoms with E-state index >= 15 is 0 Å². The van der Waals surface area contributed by atoms with E-state index in [0.717, 1.165) is 5.92 Å². The van der Waals surface area contributed by atoms with Gasteiger partial charge in [-0.2, -0.15) is 0 Å². The highest BCUT2D eigenvalue weighted by atomic mass is 16.6. The van der Waals surface area contributed by atoms with Crippen LogP contribution in [0.4, 0.5) is 0 Å². The van der Waals surface area contributed by atoms with Crippen molar-refractivity contribution in [2.45, 2.75) is 123 Å². The quantitative estimate of drug-likeness (QED) is 0.251. The van der Waals surface area contributed by atoms with Crippen LogP contribution in [-0.2, 0) is 4.74 Å². The Labute approximate surface area is 134 Å². The molecule has 126 valence electrons. The first-order valence-corrected chi connectivity index (χ1v) is 9.74. The maximum Gasteiger partial charge on any atom is 0.0892 e. The van der Waals surface area contributed by atoms with Crippen LogP contribution in [0.1, 0.15) is 111 Å². The molecule has 1 heterocycles. The monoisotopic (exact) mass is 296 g/mol. The van der Waals surface area contributed by atoms with Gasteiger partial charge in [0.05, 0.1) is 11.7 Å². The third-order valence-corrected chi connectivity index (χ3v) is 5.14. The number of hydrogen-bond donors (Lipinski definition) is 0. The van der Waals surface area contributed by atoms with E-state index in [1.807, 2.05) is 0 Å². The molecular formula is C20H40O. The SMILES string of the molecule is CCCCCCCCCCCC[C@@H](C)CCC1OC1(C)C. The molecule has 21 heavy (non-hydrogen) atoms. The summed E-state index contributed by atoms with van der Waals surface area (Å²) in [5.74, 6) is 0.888. The molecule has 2 atom stereocenters. The Bertz CT molecular complexity index is 246. The molecule has 0 aliphatic carbocycles. The largest absolute Gasteiger partial charge is 0.367 e. The van der Waals surface area contributed by atoms with Crippen LogP contribution in [-0.4, -0.2) is 11.7 Å². The summed E-state index contributed by atoms with van der Waals surface area (Å²) in [7, 11) is 0. The fourth-order valence-electron chi connectivity index (χ4n) is 3.30. The fourth-order valence-corrected chi connectivity index (χ4v) is 3.30. The highest BCUT2D eigenvalue weighted by Gasteiger charge is 2.46. The van der Waals surface area contributed by atoms with Gasteiger partial charge in [0.2, 0.25) is 0 Å². The maximum atomic E-state index is 5.66. The Morgan fingerprint density at radius 1 is 0.810 bits per heavy atom. The predicted octanol–water partition coefficient (Wildman–Crippen LogP) is 6.89. The van der Waals surface area contributed by atoms with Gasteiger partial charge in [0.15, 0.2) is 0 Å². The molecule has 1 unspecified atom stereocenters.